The molecule has 3 rings (SSSR count). The first-order valence-corrected chi connectivity index (χ1v) is 8.90. The molecule has 0 saturated heterocycles. The molecule has 0 aliphatic rings. The normalized spacial score (nSPS) is 10.3. The molecule has 0 radical (unpaired) electrons. The van der Waals surface area contributed by atoms with E-state index in [1.165, 1.54) is 0 Å². The molecule has 0 atom stereocenters. The van der Waals surface area contributed by atoms with Crippen molar-refractivity contribution in [1.82, 2.24) is 5.32 Å². The Hall–Kier alpha value is -3.11. The predicted molar refractivity (Wildman–Crippen MR) is 106 cm³/mol. The molecule has 27 heavy (non-hydrogen) atoms. The third kappa shape index (κ3) is 5.19. The first-order valence-electron chi connectivity index (χ1n) is 8.52. The summed E-state index contributed by atoms with van der Waals surface area (Å²) in [6.07, 6.45) is 0.0661. The van der Waals surface area contributed by atoms with Gasteiger partial charge in [0.25, 0.3) is 5.91 Å². The van der Waals surface area contributed by atoms with Crippen LogP contribution in [0.15, 0.2) is 78.9 Å². The fraction of sp³-hybridized carbons (Fsp3) is 0.0909. The molecule has 1 amide bonds. The predicted octanol–water partition coefficient (Wildman–Crippen LogP) is 4.73. The first kappa shape index (κ1) is 18.7. The van der Waals surface area contributed by atoms with Crippen LogP contribution in [-0.2, 0) is 4.79 Å². The Balaban J connectivity index is 1.48. The van der Waals surface area contributed by atoms with Gasteiger partial charge in [0.05, 0.1) is 17.0 Å². The van der Waals surface area contributed by atoms with Gasteiger partial charge in [0, 0.05) is 6.54 Å². The van der Waals surface area contributed by atoms with Crippen LogP contribution in [0.2, 0.25) is 5.02 Å². The molecule has 0 bridgehead atoms. The zero-order chi connectivity index (χ0) is 19.1. The molecule has 5 heteroatoms. The van der Waals surface area contributed by atoms with Crippen molar-refractivity contribution in [1.29, 1.82) is 0 Å². The van der Waals surface area contributed by atoms with Crippen molar-refractivity contribution in [3.8, 4) is 16.9 Å². The summed E-state index contributed by atoms with van der Waals surface area (Å²) in [6, 6.07) is 24.0. The van der Waals surface area contributed by atoms with Gasteiger partial charge in [-0.05, 0) is 35.4 Å². The summed E-state index contributed by atoms with van der Waals surface area (Å²) in [5.41, 5.74) is 2.52. The molecule has 0 spiro atoms. The van der Waals surface area contributed by atoms with Crippen LogP contribution in [0, 0.1) is 0 Å². The van der Waals surface area contributed by atoms with Gasteiger partial charge >= 0.3 is 5.97 Å². The molecule has 0 heterocycles. The summed E-state index contributed by atoms with van der Waals surface area (Å²) in [4.78, 5) is 24.0. The molecule has 3 aromatic rings. The minimum Gasteiger partial charge on any atom is -0.426 e. The minimum atomic E-state index is -0.415. The van der Waals surface area contributed by atoms with Crippen LogP contribution in [0.3, 0.4) is 0 Å². The molecule has 0 aliphatic carbocycles. The van der Waals surface area contributed by atoms with E-state index < -0.39 is 5.97 Å². The van der Waals surface area contributed by atoms with Crippen molar-refractivity contribution in [2.45, 2.75) is 6.42 Å². The van der Waals surface area contributed by atoms with Crippen molar-refractivity contribution in [3.05, 3.63) is 89.4 Å². The highest BCUT2D eigenvalue weighted by atomic mass is 35.5. The summed E-state index contributed by atoms with van der Waals surface area (Å²) in [6.45, 7) is 0.172. The van der Waals surface area contributed by atoms with Gasteiger partial charge in [-0.25, -0.2) is 0 Å². The van der Waals surface area contributed by atoms with Crippen LogP contribution in [0.5, 0.6) is 5.75 Å². The number of rotatable bonds is 6. The molecule has 1 N–H and O–H groups in total. The largest absolute Gasteiger partial charge is 0.426 e. The Morgan fingerprint density at radius 1 is 0.815 bits per heavy atom. The number of nitrogens with one attached hydrogen (secondary N) is 1. The van der Waals surface area contributed by atoms with Crippen LogP contribution in [0.4, 0.5) is 0 Å². The molecule has 136 valence electrons. The Labute approximate surface area is 162 Å². The van der Waals surface area contributed by atoms with Crippen molar-refractivity contribution >= 4 is 23.5 Å². The Morgan fingerprint density at radius 3 is 2.15 bits per heavy atom. The van der Waals surface area contributed by atoms with Crippen molar-refractivity contribution in [3.63, 3.8) is 0 Å². The van der Waals surface area contributed by atoms with Gasteiger partial charge in [-0.15, -0.1) is 0 Å². The monoisotopic (exact) mass is 379 g/mol. The molecule has 0 unspecified atom stereocenters. The standard InChI is InChI=1S/C22H18ClNO3/c23-20-9-5-4-8-19(20)22(26)24-15-14-21(25)27-18-12-10-17(11-13-18)16-6-2-1-3-7-16/h1-13H,14-15H2,(H,24,26). The fourth-order valence-corrected chi connectivity index (χ4v) is 2.77. The molecule has 0 aliphatic heterocycles. The number of amides is 1. The summed E-state index contributed by atoms with van der Waals surface area (Å²) < 4.78 is 5.30. The summed E-state index contributed by atoms with van der Waals surface area (Å²) in [7, 11) is 0. The lowest BCUT2D eigenvalue weighted by Gasteiger charge is -2.08. The van der Waals surface area contributed by atoms with Crippen molar-refractivity contribution in [2.24, 2.45) is 0 Å². The number of halogens is 1. The third-order valence-corrected chi connectivity index (χ3v) is 4.26. The number of benzene rings is 3. The van der Waals surface area contributed by atoms with Gasteiger partial charge in [-0.3, -0.25) is 9.59 Å². The van der Waals surface area contributed by atoms with Gasteiger partial charge in [0.2, 0.25) is 0 Å². The van der Waals surface area contributed by atoms with Crippen LogP contribution >= 0.6 is 11.6 Å². The summed E-state index contributed by atoms with van der Waals surface area (Å²) in [5.74, 6) is -0.264. The number of ether oxygens (including phenoxy) is 1. The second-order valence-corrected chi connectivity index (χ2v) is 6.26. The number of hydrogen-bond donors (Lipinski definition) is 1. The molecule has 0 aromatic heterocycles. The maximum Gasteiger partial charge on any atom is 0.312 e. The number of carbonyl (C=O) groups excluding carboxylic acids is 2. The number of hydrogen-bond acceptors (Lipinski definition) is 3. The third-order valence-electron chi connectivity index (χ3n) is 3.93. The van der Waals surface area contributed by atoms with E-state index >= 15 is 0 Å². The van der Waals surface area contributed by atoms with Crippen LogP contribution in [0.25, 0.3) is 11.1 Å². The highest BCUT2D eigenvalue weighted by Gasteiger charge is 2.11. The quantitative estimate of drug-likeness (QED) is 0.497. The molecule has 0 fully saturated rings. The molecular formula is C22H18ClNO3. The molecule has 3 aromatic carbocycles. The Morgan fingerprint density at radius 2 is 1.44 bits per heavy atom. The number of esters is 1. The minimum absolute atomic E-state index is 0.0661. The van der Waals surface area contributed by atoms with E-state index in [1.54, 1.807) is 36.4 Å². The van der Waals surface area contributed by atoms with E-state index in [9.17, 15) is 9.59 Å². The van der Waals surface area contributed by atoms with E-state index in [1.807, 2.05) is 42.5 Å². The van der Waals surface area contributed by atoms with Crippen molar-refractivity contribution < 1.29 is 14.3 Å². The smallest absolute Gasteiger partial charge is 0.312 e. The highest BCUT2D eigenvalue weighted by Crippen LogP contribution is 2.22. The summed E-state index contributed by atoms with van der Waals surface area (Å²) in [5, 5.41) is 3.03. The van der Waals surface area contributed by atoms with Gasteiger partial charge in [0.15, 0.2) is 0 Å². The second kappa shape index (κ2) is 9.01. The lowest BCUT2D eigenvalue weighted by molar-refractivity contribution is -0.134. The lowest BCUT2D eigenvalue weighted by atomic mass is 10.1. The van der Waals surface area contributed by atoms with E-state index in [2.05, 4.69) is 5.32 Å². The second-order valence-electron chi connectivity index (χ2n) is 5.85. The van der Waals surface area contributed by atoms with E-state index in [0.29, 0.717) is 16.3 Å². The topological polar surface area (TPSA) is 55.4 Å². The SMILES string of the molecule is O=C(CCNC(=O)c1ccccc1Cl)Oc1ccc(-c2ccccc2)cc1. The van der Waals surface area contributed by atoms with E-state index in [-0.39, 0.29) is 18.9 Å². The highest BCUT2D eigenvalue weighted by molar-refractivity contribution is 6.33. The molecular weight excluding hydrogens is 362 g/mol. The molecule has 4 nitrogen and oxygen atoms in total. The Bertz CT molecular complexity index is 924. The van der Waals surface area contributed by atoms with E-state index in [0.717, 1.165) is 11.1 Å². The van der Waals surface area contributed by atoms with Crippen molar-refractivity contribution in [2.75, 3.05) is 6.54 Å². The maximum absolute atomic E-state index is 12.0. The van der Waals surface area contributed by atoms with Crippen LogP contribution in [-0.4, -0.2) is 18.4 Å². The fourth-order valence-electron chi connectivity index (χ4n) is 2.55. The van der Waals surface area contributed by atoms with Gasteiger partial charge in [0.1, 0.15) is 5.75 Å². The molecule has 0 saturated carbocycles. The number of carbonyl (C=O) groups is 2. The lowest BCUT2D eigenvalue weighted by Crippen LogP contribution is -2.27. The van der Waals surface area contributed by atoms with Gasteiger partial charge in [-0.1, -0.05) is 66.2 Å². The van der Waals surface area contributed by atoms with Crippen LogP contribution < -0.4 is 10.1 Å². The maximum atomic E-state index is 12.0. The zero-order valence-corrected chi connectivity index (χ0v) is 15.3. The van der Waals surface area contributed by atoms with E-state index in [4.69, 9.17) is 16.3 Å². The van der Waals surface area contributed by atoms with Crippen LogP contribution in [0.1, 0.15) is 16.8 Å². The van der Waals surface area contributed by atoms with Gasteiger partial charge < -0.3 is 10.1 Å². The Kier molecular flexibility index (Phi) is 6.23. The zero-order valence-electron chi connectivity index (χ0n) is 14.5. The average Bonchev–Trinajstić information content (AvgIpc) is 2.69. The average molecular weight is 380 g/mol. The first-order chi connectivity index (χ1) is 13.1. The summed E-state index contributed by atoms with van der Waals surface area (Å²) >= 11 is 5.97. The van der Waals surface area contributed by atoms with Gasteiger partial charge in [-0.2, -0.15) is 0 Å².